The van der Waals surface area contributed by atoms with Gasteiger partial charge < -0.3 is 10.6 Å². The topological polar surface area (TPSA) is 59.0 Å². The summed E-state index contributed by atoms with van der Waals surface area (Å²) in [6, 6.07) is 10.0. The molecular formula is C17H22BrClN4O. The van der Waals surface area contributed by atoms with E-state index >= 15 is 0 Å². The Morgan fingerprint density at radius 2 is 2.12 bits per heavy atom. The van der Waals surface area contributed by atoms with Crippen molar-refractivity contribution in [2.45, 2.75) is 31.8 Å². The van der Waals surface area contributed by atoms with Crippen molar-refractivity contribution >= 4 is 34.2 Å². The van der Waals surface area contributed by atoms with Crippen LogP contribution in [0.25, 0.3) is 0 Å². The number of hydrogen-bond acceptors (Lipinski definition) is 3. The average molecular weight is 414 g/mol. The molecule has 1 aromatic carbocycles. The first-order valence-electron chi connectivity index (χ1n) is 7.95. The average Bonchev–Trinajstić information content (AvgIpc) is 3.06. The molecule has 1 aromatic heterocycles. The van der Waals surface area contributed by atoms with Gasteiger partial charge in [-0.25, -0.2) is 0 Å². The van der Waals surface area contributed by atoms with E-state index in [4.69, 9.17) is 0 Å². The lowest BCUT2D eigenvalue weighted by atomic mass is 10.1. The van der Waals surface area contributed by atoms with Crippen molar-refractivity contribution in [1.82, 2.24) is 20.4 Å². The third-order valence-corrected chi connectivity index (χ3v) is 4.73. The van der Waals surface area contributed by atoms with Crippen molar-refractivity contribution in [3.05, 3.63) is 52.3 Å². The molecule has 1 amide bonds. The number of carbonyl (C=O) groups excluding carboxylic acids is 1. The largest absolute Gasteiger partial charge is 0.344 e. The quantitative estimate of drug-likeness (QED) is 0.807. The molecule has 5 nitrogen and oxygen atoms in total. The van der Waals surface area contributed by atoms with E-state index in [0.29, 0.717) is 11.7 Å². The second kappa shape index (κ2) is 8.65. The number of hydrogen-bond donors (Lipinski definition) is 2. The van der Waals surface area contributed by atoms with Crippen molar-refractivity contribution in [2.75, 3.05) is 13.1 Å². The number of piperidine rings is 1. The lowest BCUT2D eigenvalue weighted by Gasteiger charge is -2.22. The molecule has 1 aliphatic heterocycles. The van der Waals surface area contributed by atoms with Crippen LogP contribution in [0.2, 0.25) is 0 Å². The van der Waals surface area contributed by atoms with Gasteiger partial charge in [0.15, 0.2) is 0 Å². The highest BCUT2D eigenvalue weighted by atomic mass is 79.9. The van der Waals surface area contributed by atoms with Crippen molar-refractivity contribution in [2.24, 2.45) is 0 Å². The molecule has 1 saturated heterocycles. The molecule has 0 bridgehead atoms. The summed E-state index contributed by atoms with van der Waals surface area (Å²) in [5, 5.41) is 10.8. The Balaban J connectivity index is 0.00000208. The molecule has 130 valence electrons. The third-order valence-electron chi connectivity index (χ3n) is 4.20. The minimum absolute atomic E-state index is 0. The highest BCUT2D eigenvalue weighted by Gasteiger charge is 2.18. The van der Waals surface area contributed by atoms with E-state index < -0.39 is 0 Å². The van der Waals surface area contributed by atoms with Crippen LogP contribution in [0.1, 0.15) is 47.9 Å². The van der Waals surface area contributed by atoms with Crippen LogP contribution in [0.5, 0.6) is 0 Å². The first-order chi connectivity index (χ1) is 11.1. The maximum atomic E-state index is 12.4. The Bertz CT molecular complexity index is 667. The van der Waals surface area contributed by atoms with Crippen molar-refractivity contribution in [1.29, 1.82) is 0 Å². The number of carbonyl (C=O) groups is 1. The van der Waals surface area contributed by atoms with Gasteiger partial charge in [-0.2, -0.15) is 5.10 Å². The fourth-order valence-electron chi connectivity index (χ4n) is 2.83. The van der Waals surface area contributed by atoms with Gasteiger partial charge in [-0.3, -0.25) is 9.48 Å². The zero-order chi connectivity index (χ0) is 16.2. The minimum Gasteiger partial charge on any atom is -0.344 e. The summed E-state index contributed by atoms with van der Waals surface area (Å²) in [5.41, 5.74) is 1.54. The summed E-state index contributed by atoms with van der Waals surface area (Å²) in [5.74, 6) is -0.136. The Morgan fingerprint density at radius 1 is 1.38 bits per heavy atom. The van der Waals surface area contributed by atoms with E-state index in [1.54, 1.807) is 6.07 Å². The van der Waals surface area contributed by atoms with Gasteiger partial charge in [-0.05, 0) is 50.1 Å². The predicted molar refractivity (Wildman–Crippen MR) is 101 cm³/mol. The highest BCUT2D eigenvalue weighted by Crippen LogP contribution is 2.18. The number of halogens is 2. The Morgan fingerprint density at radius 3 is 2.79 bits per heavy atom. The number of rotatable bonds is 4. The number of aromatic nitrogens is 2. The van der Waals surface area contributed by atoms with Gasteiger partial charge in [0, 0.05) is 17.2 Å². The standard InChI is InChI=1S/C17H21BrN4O.ClH/c1-12(13-4-6-14(18)7-5-13)20-17(23)16-8-10-22(21-16)15-3-2-9-19-11-15;/h4-8,10,12,15,19H,2-3,9,11H2,1H3,(H,20,23);1H. The molecule has 0 radical (unpaired) electrons. The van der Waals surface area contributed by atoms with Gasteiger partial charge in [-0.1, -0.05) is 28.1 Å². The highest BCUT2D eigenvalue weighted by molar-refractivity contribution is 9.10. The van der Waals surface area contributed by atoms with Gasteiger partial charge in [0.2, 0.25) is 0 Å². The molecule has 24 heavy (non-hydrogen) atoms. The summed E-state index contributed by atoms with van der Waals surface area (Å²) in [6.45, 7) is 3.96. The second-order valence-electron chi connectivity index (χ2n) is 5.93. The maximum Gasteiger partial charge on any atom is 0.272 e. The molecule has 1 aliphatic rings. The molecule has 2 heterocycles. The second-order valence-corrected chi connectivity index (χ2v) is 6.84. The predicted octanol–water partition coefficient (Wildman–Crippen LogP) is 3.48. The van der Waals surface area contributed by atoms with Crippen LogP contribution in [0, 0.1) is 0 Å². The van der Waals surface area contributed by atoms with Gasteiger partial charge in [0.05, 0.1) is 12.1 Å². The molecule has 0 spiro atoms. The Hall–Kier alpha value is -1.37. The zero-order valence-corrected chi connectivity index (χ0v) is 15.9. The number of amides is 1. The molecule has 2 atom stereocenters. The van der Waals surface area contributed by atoms with E-state index in [-0.39, 0.29) is 24.4 Å². The molecule has 2 aromatic rings. The SMILES string of the molecule is CC(NC(=O)c1ccn(C2CCCNC2)n1)c1ccc(Br)cc1.Cl. The minimum atomic E-state index is -0.136. The van der Waals surface area contributed by atoms with Gasteiger partial charge >= 0.3 is 0 Å². The van der Waals surface area contributed by atoms with E-state index in [9.17, 15) is 4.79 Å². The summed E-state index contributed by atoms with van der Waals surface area (Å²) in [6.07, 6.45) is 4.15. The summed E-state index contributed by atoms with van der Waals surface area (Å²) >= 11 is 3.42. The van der Waals surface area contributed by atoms with Gasteiger partial charge in [0.1, 0.15) is 5.69 Å². The summed E-state index contributed by atoms with van der Waals surface area (Å²) < 4.78 is 2.94. The van der Waals surface area contributed by atoms with Crippen LogP contribution in [0.4, 0.5) is 0 Å². The smallest absolute Gasteiger partial charge is 0.272 e. The van der Waals surface area contributed by atoms with E-state index in [1.165, 1.54) is 0 Å². The number of nitrogens with zero attached hydrogens (tertiary/aromatic N) is 2. The zero-order valence-electron chi connectivity index (χ0n) is 13.5. The molecule has 3 rings (SSSR count). The van der Waals surface area contributed by atoms with Gasteiger partial charge in [-0.15, -0.1) is 12.4 Å². The van der Waals surface area contributed by atoms with Crippen LogP contribution < -0.4 is 10.6 Å². The summed E-state index contributed by atoms with van der Waals surface area (Å²) in [7, 11) is 0. The van der Waals surface area contributed by atoms with Crippen LogP contribution in [0.3, 0.4) is 0 Å². The maximum absolute atomic E-state index is 12.4. The van der Waals surface area contributed by atoms with Crippen LogP contribution in [-0.2, 0) is 0 Å². The van der Waals surface area contributed by atoms with Crippen LogP contribution in [0.15, 0.2) is 41.0 Å². The lowest BCUT2D eigenvalue weighted by molar-refractivity contribution is 0.0933. The van der Waals surface area contributed by atoms with Crippen molar-refractivity contribution in [3.8, 4) is 0 Å². The monoisotopic (exact) mass is 412 g/mol. The van der Waals surface area contributed by atoms with Crippen molar-refractivity contribution < 1.29 is 4.79 Å². The molecule has 2 unspecified atom stereocenters. The van der Waals surface area contributed by atoms with Crippen molar-refractivity contribution in [3.63, 3.8) is 0 Å². The molecule has 0 aliphatic carbocycles. The fourth-order valence-corrected chi connectivity index (χ4v) is 3.09. The fraction of sp³-hybridized carbons (Fsp3) is 0.412. The molecule has 7 heteroatoms. The Labute approximate surface area is 156 Å². The first kappa shape index (κ1) is 19.0. The lowest BCUT2D eigenvalue weighted by Crippen LogP contribution is -2.32. The van der Waals surface area contributed by atoms with E-state index in [2.05, 4.69) is 31.7 Å². The molecular weight excluding hydrogens is 392 g/mol. The Kier molecular flexibility index (Phi) is 6.83. The molecule has 1 fully saturated rings. The number of nitrogens with one attached hydrogen (secondary N) is 2. The van der Waals surface area contributed by atoms with Crippen LogP contribution >= 0.6 is 28.3 Å². The molecule has 2 N–H and O–H groups in total. The normalized spacial score (nSPS) is 18.5. The van der Waals surface area contributed by atoms with E-state index in [1.807, 2.05) is 42.1 Å². The van der Waals surface area contributed by atoms with Gasteiger partial charge in [0.25, 0.3) is 5.91 Å². The molecule has 0 saturated carbocycles. The summed E-state index contributed by atoms with van der Waals surface area (Å²) in [4.78, 5) is 12.4. The van der Waals surface area contributed by atoms with E-state index in [0.717, 1.165) is 36.0 Å². The first-order valence-corrected chi connectivity index (χ1v) is 8.75. The number of benzene rings is 1. The third kappa shape index (κ3) is 4.59. The van der Waals surface area contributed by atoms with Crippen LogP contribution in [-0.4, -0.2) is 28.8 Å².